The van der Waals surface area contributed by atoms with Gasteiger partial charge in [-0.2, -0.15) is 0 Å². The van der Waals surface area contributed by atoms with E-state index in [9.17, 15) is 8.42 Å². The summed E-state index contributed by atoms with van der Waals surface area (Å²) in [7, 11) is -0.0960. The molecule has 132 valence electrons. The van der Waals surface area contributed by atoms with Gasteiger partial charge >= 0.3 is 0 Å². The molecule has 1 heterocycles. The van der Waals surface area contributed by atoms with E-state index >= 15 is 0 Å². The number of nitrogens with zero attached hydrogens (tertiary/aromatic N) is 2. The van der Waals surface area contributed by atoms with Gasteiger partial charge in [0.05, 0.1) is 4.90 Å². The molecule has 0 spiro atoms. The lowest BCUT2D eigenvalue weighted by molar-refractivity contribution is 0.588. The maximum absolute atomic E-state index is 11.9. The normalized spacial score (nSPS) is 11.1. The van der Waals surface area contributed by atoms with E-state index in [4.69, 9.17) is 0 Å². The summed E-state index contributed by atoms with van der Waals surface area (Å²) in [5, 5.41) is 6.30. The monoisotopic (exact) mass is 367 g/mol. The van der Waals surface area contributed by atoms with Crippen LogP contribution in [0.2, 0.25) is 0 Å². The molecule has 0 unspecified atom stereocenters. The number of hydrogen-bond acceptors (Lipinski definition) is 6. The first-order chi connectivity index (χ1) is 12.5. The Balaban J connectivity index is 1.79. The van der Waals surface area contributed by atoms with Crippen LogP contribution in [0.1, 0.15) is 0 Å². The average Bonchev–Trinajstić information content (AvgIpc) is 2.64. The van der Waals surface area contributed by atoms with E-state index in [1.54, 1.807) is 24.3 Å². The minimum atomic E-state index is -3.50. The molecule has 3 aromatic rings. The summed E-state index contributed by atoms with van der Waals surface area (Å²) in [5.74, 6) is 1.18. The fourth-order valence-electron chi connectivity index (χ4n) is 2.29. The first-order valence-corrected chi connectivity index (χ1v) is 9.41. The SMILES string of the molecule is Bc1ccc(Nc2cc(Nc3cccc(S(=O)(=O)NC)c3)ncn2)cc1. The van der Waals surface area contributed by atoms with Crippen molar-refractivity contribution < 1.29 is 8.42 Å². The highest BCUT2D eigenvalue weighted by molar-refractivity contribution is 7.89. The van der Waals surface area contributed by atoms with Crippen molar-refractivity contribution in [1.82, 2.24) is 14.7 Å². The summed E-state index contributed by atoms with van der Waals surface area (Å²) >= 11 is 0. The molecule has 0 bridgehead atoms. The van der Waals surface area contributed by atoms with Crippen LogP contribution >= 0.6 is 0 Å². The number of anilines is 4. The summed E-state index contributed by atoms with van der Waals surface area (Å²) < 4.78 is 26.1. The van der Waals surface area contributed by atoms with Crippen molar-refractivity contribution in [1.29, 1.82) is 0 Å². The van der Waals surface area contributed by atoms with Gasteiger partial charge in [-0.1, -0.05) is 23.7 Å². The lowest BCUT2D eigenvalue weighted by Gasteiger charge is -2.10. The number of aromatic nitrogens is 2. The van der Waals surface area contributed by atoms with Crippen molar-refractivity contribution in [2.75, 3.05) is 17.7 Å². The minimum absolute atomic E-state index is 0.178. The second-order valence-electron chi connectivity index (χ2n) is 5.64. The molecule has 2 aromatic carbocycles. The largest absolute Gasteiger partial charge is 0.340 e. The van der Waals surface area contributed by atoms with Gasteiger partial charge in [-0.25, -0.2) is 23.1 Å². The Morgan fingerprint density at radius 1 is 0.885 bits per heavy atom. The molecule has 1 aromatic heterocycles. The van der Waals surface area contributed by atoms with Crippen LogP contribution in [-0.2, 0) is 10.0 Å². The Bertz CT molecular complexity index is 1010. The Labute approximate surface area is 153 Å². The zero-order chi connectivity index (χ0) is 18.6. The van der Waals surface area contributed by atoms with Crippen molar-refractivity contribution in [3.05, 3.63) is 60.9 Å². The molecular formula is C17H18BN5O2S. The second kappa shape index (κ2) is 7.55. The first kappa shape index (κ1) is 17.9. The van der Waals surface area contributed by atoms with Gasteiger partial charge in [0.15, 0.2) is 0 Å². The van der Waals surface area contributed by atoms with Crippen LogP contribution < -0.4 is 20.8 Å². The van der Waals surface area contributed by atoms with E-state index in [2.05, 4.69) is 25.3 Å². The molecule has 0 amide bonds. The zero-order valence-corrected chi connectivity index (χ0v) is 15.2. The lowest BCUT2D eigenvalue weighted by Crippen LogP contribution is -2.18. The molecule has 0 radical (unpaired) electrons. The van der Waals surface area contributed by atoms with E-state index in [-0.39, 0.29) is 4.90 Å². The van der Waals surface area contributed by atoms with Crippen LogP contribution in [0.5, 0.6) is 0 Å². The van der Waals surface area contributed by atoms with Gasteiger partial charge < -0.3 is 10.6 Å². The van der Waals surface area contributed by atoms with Gasteiger partial charge in [0.1, 0.15) is 25.8 Å². The maximum atomic E-state index is 11.9. The number of benzene rings is 2. The van der Waals surface area contributed by atoms with Crippen LogP contribution in [0, 0.1) is 0 Å². The van der Waals surface area contributed by atoms with Gasteiger partial charge in [-0.3, -0.25) is 0 Å². The van der Waals surface area contributed by atoms with E-state index in [1.165, 1.54) is 24.9 Å². The fraction of sp³-hybridized carbons (Fsp3) is 0.0588. The van der Waals surface area contributed by atoms with Crippen LogP contribution in [0.25, 0.3) is 0 Å². The summed E-state index contributed by atoms with van der Waals surface area (Å²) in [6.45, 7) is 0. The van der Waals surface area contributed by atoms with Gasteiger partial charge in [0.25, 0.3) is 0 Å². The highest BCUT2D eigenvalue weighted by Gasteiger charge is 2.11. The van der Waals surface area contributed by atoms with Crippen molar-refractivity contribution in [2.24, 2.45) is 0 Å². The molecule has 0 saturated heterocycles. The molecule has 3 rings (SSSR count). The minimum Gasteiger partial charge on any atom is -0.340 e. The highest BCUT2D eigenvalue weighted by Crippen LogP contribution is 2.21. The summed E-state index contributed by atoms with van der Waals surface area (Å²) in [4.78, 5) is 8.55. The van der Waals surface area contributed by atoms with Crippen LogP contribution in [0.4, 0.5) is 23.0 Å². The Kier molecular flexibility index (Phi) is 5.20. The molecule has 0 fully saturated rings. The molecule has 0 aliphatic rings. The van der Waals surface area contributed by atoms with Crippen molar-refractivity contribution >= 4 is 46.3 Å². The van der Waals surface area contributed by atoms with Crippen LogP contribution in [0.3, 0.4) is 0 Å². The van der Waals surface area contributed by atoms with Gasteiger partial charge in [-0.15, -0.1) is 0 Å². The summed E-state index contributed by atoms with van der Waals surface area (Å²) in [6.07, 6.45) is 1.44. The molecule has 26 heavy (non-hydrogen) atoms. The zero-order valence-electron chi connectivity index (χ0n) is 14.4. The predicted molar refractivity (Wildman–Crippen MR) is 106 cm³/mol. The molecule has 9 heteroatoms. The van der Waals surface area contributed by atoms with Crippen molar-refractivity contribution in [2.45, 2.75) is 4.90 Å². The van der Waals surface area contributed by atoms with Crippen LogP contribution in [-0.4, -0.2) is 33.3 Å². The average molecular weight is 367 g/mol. The van der Waals surface area contributed by atoms with Gasteiger partial charge in [0.2, 0.25) is 10.0 Å². The van der Waals surface area contributed by atoms with E-state index in [1.807, 2.05) is 32.1 Å². The van der Waals surface area contributed by atoms with Crippen molar-refractivity contribution in [3.63, 3.8) is 0 Å². The lowest BCUT2D eigenvalue weighted by atomic mass is 9.96. The molecule has 0 atom stereocenters. The summed E-state index contributed by atoms with van der Waals surface area (Å²) in [5.41, 5.74) is 2.71. The quantitative estimate of drug-likeness (QED) is 0.566. The first-order valence-electron chi connectivity index (χ1n) is 7.93. The molecule has 0 aliphatic carbocycles. The Hall–Kier alpha value is -2.91. The third-order valence-corrected chi connectivity index (χ3v) is 5.09. The predicted octanol–water partition coefficient (Wildman–Crippen LogP) is 1.13. The number of nitrogens with one attached hydrogen (secondary N) is 3. The molecular weight excluding hydrogens is 349 g/mol. The third kappa shape index (κ3) is 4.38. The van der Waals surface area contributed by atoms with E-state index in [0.29, 0.717) is 17.3 Å². The van der Waals surface area contributed by atoms with Crippen molar-refractivity contribution in [3.8, 4) is 0 Å². The fourth-order valence-corrected chi connectivity index (χ4v) is 3.06. The number of rotatable bonds is 6. The number of hydrogen-bond donors (Lipinski definition) is 3. The van der Waals surface area contributed by atoms with Gasteiger partial charge in [-0.05, 0) is 37.4 Å². The summed E-state index contributed by atoms with van der Waals surface area (Å²) in [6, 6.07) is 16.2. The second-order valence-corrected chi connectivity index (χ2v) is 7.53. The number of sulfonamides is 1. The third-order valence-electron chi connectivity index (χ3n) is 3.68. The highest BCUT2D eigenvalue weighted by atomic mass is 32.2. The molecule has 0 saturated carbocycles. The Morgan fingerprint density at radius 3 is 2.19 bits per heavy atom. The smallest absolute Gasteiger partial charge is 0.240 e. The Morgan fingerprint density at radius 2 is 1.54 bits per heavy atom. The van der Waals surface area contributed by atoms with E-state index in [0.717, 1.165) is 5.69 Å². The van der Waals surface area contributed by atoms with E-state index < -0.39 is 10.0 Å². The van der Waals surface area contributed by atoms with Gasteiger partial charge in [0, 0.05) is 17.4 Å². The molecule has 0 aliphatic heterocycles. The standard InChI is InChI=1S/C17H18BN5O2S/c1-19-26(24,25)15-4-2-3-14(9-15)23-17-10-16(20-11-21-17)22-13-7-5-12(18)6-8-13/h2-11,19H,18H2,1H3,(H2,20,21,22,23). The van der Waals surface area contributed by atoms with Crippen LogP contribution in [0.15, 0.2) is 65.8 Å². The molecule has 7 nitrogen and oxygen atoms in total. The maximum Gasteiger partial charge on any atom is 0.240 e. The topological polar surface area (TPSA) is 96.0 Å². The molecule has 3 N–H and O–H groups in total.